The lowest BCUT2D eigenvalue weighted by atomic mass is 10.2. The van der Waals surface area contributed by atoms with E-state index in [1.165, 1.54) is 35.2 Å². The zero-order chi connectivity index (χ0) is 18.9. The van der Waals surface area contributed by atoms with Gasteiger partial charge in [0.1, 0.15) is 4.90 Å². The SMILES string of the molecule is CC(C)Sc1nnc(NC(=O)CCN2C(=O)c3ccccc3S2(=O)=O)s1. The Morgan fingerprint density at radius 2 is 2.04 bits per heavy atom. The molecule has 11 heteroatoms. The number of amides is 2. The van der Waals surface area contributed by atoms with Gasteiger partial charge in [-0.25, -0.2) is 12.7 Å². The summed E-state index contributed by atoms with van der Waals surface area (Å²) in [6, 6.07) is 6.01. The molecule has 0 atom stereocenters. The van der Waals surface area contributed by atoms with Crippen LogP contribution in [0, 0.1) is 0 Å². The number of carbonyl (C=O) groups is 2. The summed E-state index contributed by atoms with van der Waals surface area (Å²) < 4.78 is 26.3. The topological polar surface area (TPSA) is 109 Å². The minimum Gasteiger partial charge on any atom is -0.300 e. The summed E-state index contributed by atoms with van der Waals surface area (Å²) in [5.41, 5.74) is 0.132. The van der Waals surface area contributed by atoms with Crippen molar-refractivity contribution in [3.63, 3.8) is 0 Å². The van der Waals surface area contributed by atoms with Crippen molar-refractivity contribution in [2.45, 2.75) is 34.8 Å². The number of fused-ring (bicyclic) bond motifs is 1. The fraction of sp³-hybridized carbons (Fsp3) is 0.333. The van der Waals surface area contributed by atoms with Gasteiger partial charge in [0.05, 0.1) is 5.56 Å². The molecule has 0 spiro atoms. The Labute approximate surface area is 159 Å². The van der Waals surface area contributed by atoms with Gasteiger partial charge < -0.3 is 5.32 Å². The predicted octanol–water partition coefficient (Wildman–Crippen LogP) is 2.21. The molecule has 0 saturated heterocycles. The molecular weight excluding hydrogens is 396 g/mol. The van der Waals surface area contributed by atoms with Crippen molar-refractivity contribution >= 4 is 50.1 Å². The molecular formula is C15H16N4O4S3. The van der Waals surface area contributed by atoms with Crippen LogP contribution in [0.3, 0.4) is 0 Å². The molecule has 2 amide bonds. The number of nitrogens with zero attached hydrogens (tertiary/aromatic N) is 3. The average molecular weight is 413 g/mol. The molecule has 0 aliphatic carbocycles. The Hall–Kier alpha value is -1.98. The molecule has 0 saturated carbocycles. The van der Waals surface area contributed by atoms with Crippen molar-refractivity contribution < 1.29 is 18.0 Å². The second kappa shape index (κ2) is 7.33. The van der Waals surface area contributed by atoms with Crippen LogP contribution < -0.4 is 5.32 Å². The monoisotopic (exact) mass is 412 g/mol. The van der Waals surface area contributed by atoms with Crippen molar-refractivity contribution in [2.24, 2.45) is 0 Å². The highest BCUT2D eigenvalue weighted by atomic mass is 32.2. The van der Waals surface area contributed by atoms with E-state index in [1.807, 2.05) is 13.8 Å². The first kappa shape index (κ1) is 18.8. The van der Waals surface area contributed by atoms with Crippen LogP contribution in [0.15, 0.2) is 33.5 Å². The summed E-state index contributed by atoms with van der Waals surface area (Å²) in [5.74, 6) is -1.04. The van der Waals surface area contributed by atoms with E-state index in [0.717, 1.165) is 8.64 Å². The van der Waals surface area contributed by atoms with Gasteiger partial charge in [0.25, 0.3) is 15.9 Å². The number of sulfonamides is 1. The number of benzene rings is 1. The van der Waals surface area contributed by atoms with E-state index in [-0.39, 0.29) is 23.4 Å². The number of aromatic nitrogens is 2. The molecule has 1 aromatic carbocycles. The lowest BCUT2D eigenvalue weighted by Crippen LogP contribution is -2.33. The summed E-state index contributed by atoms with van der Waals surface area (Å²) >= 11 is 2.78. The van der Waals surface area contributed by atoms with Gasteiger partial charge in [-0.05, 0) is 12.1 Å². The van der Waals surface area contributed by atoms with Gasteiger partial charge in [-0.1, -0.05) is 49.1 Å². The van der Waals surface area contributed by atoms with Gasteiger partial charge in [-0.15, -0.1) is 10.2 Å². The summed E-state index contributed by atoms with van der Waals surface area (Å²) in [7, 11) is -3.90. The smallest absolute Gasteiger partial charge is 0.269 e. The number of thioether (sulfide) groups is 1. The molecule has 3 rings (SSSR count). The third kappa shape index (κ3) is 3.74. The molecule has 0 radical (unpaired) electrons. The molecule has 2 aromatic rings. The first-order valence-electron chi connectivity index (χ1n) is 7.75. The van der Waals surface area contributed by atoms with E-state index in [4.69, 9.17) is 0 Å². The zero-order valence-corrected chi connectivity index (χ0v) is 16.4. The number of rotatable bonds is 6. The van der Waals surface area contributed by atoms with Gasteiger partial charge in [-0.2, -0.15) is 0 Å². The second-order valence-electron chi connectivity index (χ2n) is 5.72. The summed E-state index contributed by atoms with van der Waals surface area (Å²) in [5, 5.41) is 11.1. The van der Waals surface area contributed by atoms with Crippen LogP contribution in [0.4, 0.5) is 5.13 Å². The zero-order valence-electron chi connectivity index (χ0n) is 14.0. The maximum atomic E-state index is 12.4. The fourth-order valence-electron chi connectivity index (χ4n) is 2.35. The summed E-state index contributed by atoms with van der Waals surface area (Å²) in [6.45, 7) is 3.82. The van der Waals surface area contributed by atoms with Crippen LogP contribution in [0.25, 0.3) is 0 Å². The highest BCUT2D eigenvalue weighted by Gasteiger charge is 2.40. The molecule has 8 nitrogen and oxygen atoms in total. The fourth-order valence-corrected chi connectivity index (χ4v) is 5.91. The summed E-state index contributed by atoms with van der Waals surface area (Å²) in [4.78, 5) is 24.3. The molecule has 0 bridgehead atoms. The van der Waals surface area contributed by atoms with Crippen molar-refractivity contribution in [3.05, 3.63) is 29.8 Å². The van der Waals surface area contributed by atoms with E-state index >= 15 is 0 Å². The third-order valence-electron chi connectivity index (χ3n) is 3.44. The molecule has 1 aromatic heterocycles. The van der Waals surface area contributed by atoms with Crippen LogP contribution in [0.2, 0.25) is 0 Å². The Morgan fingerprint density at radius 1 is 1.31 bits per heavy atom. The van der Waals surface area contributed by atoms with Crippen molar-refractivity contribution in [2.75, 3.05) is 11.9 Å². The molecule has 0 fully saturated rings. The number of nitrogens with one attached hydrogen (secondary N) is 1. The summed E-state index contributed by atoms with van der Waals surface area (Å²) in [6.07, 6.45) is -0.162. The maximum Gasteiger partial charge on any atom is 0.269 e. The van der Waals surface area contributed by atoms with Gasteiger partial charge in [0.15, 0.2) is 4.34 Å². The largest absolute Gasteiger partial charge is 0.300 e. The molecule has 0 unspecified atom stereocenters. The first-order valence-corrected chi connectivity index (χ1v) is 10.9. The van der Waals surface area contributed by atoms with Crippen molar-refractivity contribution in [1.29, 1.82) is 0 Å². The van der Waals surface area contributed by atoms with E-state index in [2.05, 4.69) is 15.5 Å². The molecule has 138 valence electrons. The normalized spacial score (nSPS) is 15.3. The van der Waals surface area contributed by atoms with Crippen LogP contribution in [-0.2, 0) is 14.8 Å². The molecule has 1 aliphatic rings. The Bertz CT molecular complexity index is 955. The third-order valence-corrected chi connectivity index (χ3v) is 7.21. The minimum absolute atomic E-state index is 0.0233. The molecule has 26 heavy (non-hydrogen) atoms. The Morgan fingerprint density at radius 3 is 2.73 bits per heavy atom. The van der Waals surface area contributed by atoms with E-state index < -0.39 is 21.8 Å². The lowest BCUT2D eigenvalue weighted by Gasteiger charge is -2.14. The van der Waals surface area contributed by atoms with Crippen molar-refractivity contribution in [1.82, 2.24) is 14.5 Å². The standard InChI is InChI=1S/C15H16N4O4S3/c1-9(2)24-15-18-17-14(25-15)16-12(20)7-8-19-13(21)10-5-3-4-6-11(10)26(19,22)23/h3-6,9H,7-8H2,1-2H3,(H,16,17,20). The molecule has 1 aliphatic heterocycles. The predicted molar refractivity (Wildman–Crippen MR) is 98.8 cm³/mol. The van der Waals surface area contributed by atoms with Gasteiger partial charge in [0.2, 0.25) is 11.0 Å². The Kier molecular flexibility index (Phi) is 5.30. The average Bonchev–Trinajstić information content (AvgIpc) is 3.07. The van der Waals surface area contributed by atoms with E-state index in [1.54, 1.807) is 12.1 Å². The van der Waals surface area contributed by atoms with Gasteiger partial charge in [-0.3, -0.25) is 9.59 Å². The number of hydrogen-bond donors (Lipinski definition) is 1. The Balaban J connectivity index is 1.62. The number of anilines is 1. The highest BCUT2D eigenvalue weighted by molar-refractivity contribution is 8.01. The van der Waals surface area contributed by atoms with Crippen LogP contribution >= 0.6 is 23.1 Å². The van der Waals surface area contributed by atoms with Gasteiger partial charge in [0, 0.05) is 18.2 Å². The van der Waals surface area contributed by atoms with E-state index in [0.29, 0.717) is 10.4 Å². The molecule has 1 N–H and O–H groups in total. The van der Waals surface area contributed by atoms with Crippen LogP contribution in [0.1, 0.15) is 30.6 Å². The van der Waals surface area contributed by atoms with Crippen LogP contribution in [0.5, 0.6) is 0 Å². The highest BCUT2D eigenvalue weighted by Crippen LogP contribution is 2.30. The van der Waals surface area contributed by atoms with Gasteiger partial charge >= 0.3 is 0 Å². The van der Waals surface area contributed by atoms with Crippen LogP contribution in [-0.4, -0.2) is 46.5 Å². The number of carbonyl (C=O) groups excluding carboxylic acids is 2. The van der Waals surface area contributed by atoms with Crippen molar-refractivity contribution in [3.8, 4) is 0 Å². The number of hydrogen-bond acceptors (Lipinski definition) is 8. The minimum atomic E-state index is -3.90. The molecule has 2 heterocycles. The second-order valence-corrected chi connectivity index (χ2v) is 10.3. The lowest BCUT2D eigenvalue weighted by molar-refractivity contribution is -0.116. The van der Waals surface area contributed by atoms with E-state index in [9.17, 15) is 18.0 Å². The maximum absolute atomic E-state index is 12.4. The first-order chi connectivity index (χ1) is 12.3. The quantitative estimate of drug-likeness (QED) is 0.572.